The van der Waals surface area contributed by atoms with E-state index >= 15 is 0 Å². The summed E-state index contributed by atoms with van der Waals surface area (Å²) >= 11 is 1.77. The van der Waals surface area contributed by atoms with Gasteiger partial charge in [0, 0.05) is 26.3 Å². The maximum Gasteiger partial charge on any atom is 0.142 e. The molecule has 0 radical (unpaired) electrons. The van der Waals surface area contributed by atoms with E-state index in [0.717, 1.165) is 33.4 Å². The minimum Gasteiger partial charge on any atom is -0.376 e. The Kier molecular flexibility index (Phi) is 3.55. The average Bonchev–Trinajstić information content (AvgIpc) is 3.33. The first-order valence-corrected chi connectivity index (χ1v) is 10.6. The zero-order valence-electron chi connectivity index (χ0n) is 15.7. The van der Waals surface area contributed by atoms with Gasteiger partial charge in [0.1, 0.15) is 5.60 Å². The lowest BCUT2D eigenvalue weighted by atomic mass is 9.81. The normalized spacial score (nSPS) is 14.0. The second-order valence-electron chi connectivity index (χ2n) is 7.50. The predicted octanol–water partition coefficient (Wildman–Crippen LogP) is 6.83. The molecule has 4 aromatic carbocycles. The number of benzene rings is 4. The summed E-state index contributed by atoms with van der Waals surface area (Å²) in [6, 6.07) is 35.4. The lowest BCUT2D eigenvalue weighted by Gasteiger charge is -2.28. The third kappa shape index (κ3) is 2.30. The van der Waals surface area contributed by atoms with E-state index in [1.165, 1.54) is 15.0 Å². The Morgan fingerprint density at radius 3 is 1.66 bits per heavy atom. The van der Waals surface area contributed by atoms with Gasteiger partial charge in [0.05, 0.1) is 0 Å². The van der Waals surface area contributed by atoms with Crippen molar-refractivity contribution in [1.82, 2.24) is 0 Å². The van der Waals surface area contributed by atoms with E-state index in [1.807, 2.05) is 30.3 Å². The Morgan fingerprint density at radius 1 is 0.552 bits per heavy atom. The van der Waals surface area contributed by atoms with Gasteiger partial charge in [-0.1, -0.05) is 91.0 Å². The van der Waals surface area contributed by atoms with Gasteiger partial charge in [0.2, 0.25) is 0 Å². The van der Waals surface area contributed by atoms with Gasteiger partial charge in [0.15, 0.2) is 0 Å². The van der Waals surface area contributed by atoms with Crippen LogP contribution in [0.5, 0.6) is 0 Å². The van der Waals surface area contributed by atoms with Gasteiger partial charge in [-0.3, -0.25) is 0 Å². The zero-order valence-corrected chi connectivity index (χ0v) is 16.5. The standard InChI is InChI=1S/C27H18OS/c28-27(22-13-5-2-10-19(22)20-11-3-6-14-23(20)27)24-15-7-4-12-21(24)26-17-18-9-1-8-16-25(18)29-26/h1-17,28H. The molecule has 6 rings (SSSR count). The van der Waals surface area contributed by atoms with Crippen molar-refractivity contribution in [3.63, 3.8) is 0 Å². The maximum atomic E-state index is 12.3. The van der Waals surface area contributed by atoms with Gasteiger partial charge in [-0.05, 0) is 34.2 Å². The van der Waals surface area contributed by atoms with Crippen LogP contribution in [0.25, 0.3) is 31.7 Å². The molecule has 29 heavy (non-hydrogen) atoms. The van der Waals surface area contributed by atoms with Gasteiger partial charge in [0.25, 0.3) is 0 Å². The summed E-state index contributed by atoms with van der Waals surface area (Å²) < 4.78 is 1.26. The van der Waals surface area contributed by atoms with E-state index in [2.05, 4.69) is 72.8 Å². The highest BCUT2D eigenvalue weighted by Crippen LogP contribution is 2.53. The van der Waals surface area contributed by atoms with Crippen LogP contribution in [-0.4, -0.2) is 5.11 Å². The van der Waals surface area contributed by atoms with E-state index in [1.54, 1.807) is 11.3 Å². The summed E-state index contributed by atoms with van der Waals surface area (Å²) in [5.41, 5.74) is 4.98. The number of aliphatic hydroxyl groups is 1. The fraction of sp³-hybridized carbons (Fsp3) is 0.0370. The lowest BCUT2D eigenvalue weighted by molar-refractivity contribution is 0.131. The molecule has 0 aliphatic heterocycles. The van der Waals surface area contributed by atoms with Crippen LogP contribution in [0, 0.1) is 0 Å². The molecule has 5 aromatic rings. The van der Waals surface area contributed by atoms with Crippen LogP contribution >= 0.6 is 11.3 Å². The van der Waals surface area contributed by atoms with Crippen molar-refractivity contribution >= 4 is 21.4 Å². The summed E-state index contributed by atoms with van der Waals surface area (Å²) in [5, 5.41) is 13.5. The minimum absolute atomic E-state index is 0.934. The third-order valence-corrected chi connectivity index (χ3v) is 7.08. The molecule has 0 saturated carbocycles. The van der Waals surface area contributed by atoms with E-state index < -0.39 is 5.60 Å². The van der Waals surface area contributed by atoms with Gasteiger partial charge in [-0.15, -0.1) is 11.3 Å². The molecule has 0 spiro atoms. The molecule has 0 unspecified atom stereocenters. The first-order valence-electron chi connectivity index (χ1n) is 9.77. The number of hydrogen-bond donors (Lipinski definition) is 1. The Bertz CT molecular complexity index is 1300. The van der Waals surface area contributed by atoms with Crippen molar-refractivity contribution in [3.05, 3.63) is 120 Å². The first kappa shape index (κ1) is 16.7. The second kappa shape index (κ2) is 6.15. The Balaban J connectivity index is 1.66. The summed E-state index contributed by atoms with van der Waals surface area (Å²) in [7, 11) is 0. The van der Waals surface area contributed by atoms with Crippen LogP contribution in [0.1, 0.15) is 16.7 Å². The van der Waals surface area contributed by atoms with Crippen molar-refractivity contribution in [3.8, 4) is 21.6 Å². The van der Waals surface area contributed by atoms with Crippen molar-refractivity contribution < 1.29 is 5.11 Å². The summed E-state index contributed by atoms with van der Waals surface area (Å²) in [5.74, 6) is 0. The largest absolute Gasteiger partial charge is 0.376 e. The lowest BCUT2D eigenvalue weighted by Crippen LogP contribution is -2.26. The molecule has 1 aromatic heterocycles. The quantitative estimate of drug-likeness (QED) is 0.350. The molecule has 0 fully saturated rings. The van der Waals surface area contributed by atoms with Gasteiger partial charge < -0.3 is 5.11 Å². The second-order valence-corrected chi connectivity index (χ2v) is 8.58. The molecule has 1 N–H and O–H groups in total. The van der Waals surface area contributed by atoms with Crippen molar-refractivity contribution in [1.29, 1.82) is 0 Å². The molecular formula is C27H18OS. The first-order chi connectivity index (χ1) is 14.3. The molecule has 0 saturated heterocycles. The van der Waals surface area contributed by atoms with E-state index in [9.17, 15) is 5.11 Å². The average molecular weight is 391 g/mol. The van der Waals surface area contributed by atoms with Gasteiger partial charge >= 0.3 is 0 Å². The van der Waals surface area contributed by atoms with Crippen molar-refractivity contribution in [2.45, 2.75) is 5.60 Å². The summed E-state index contributed by atoms with van der Waals surface area (Å²) in [6.45, 7) is 0. The monoisotopic (exact) mass is 390 g/mol. The third-order valence-electron chi connectivity index (χ3n) is 5.93. The topological polar surface area (TPSA) is 20.2 Å². The fourth-order valence-electron chi connectivity index (χ4n) is 4.63. The number of thiophene rings is 1. The molecule has 0 atom stereocenters. The van der Waals surface area contributed by atoms with E-state index in [4.69, 9.17) is 0 Å². The zero-order chi connectivity index (χ0) is 19.4. The van der Waals surface area contributed by atoms with Gasteiger partial charge in [-0.2, -0.15) is 0 Å². The SMILES string of the molecule is OC1(c2ccccc2-c2cc3ccccc3s2)c2ccccc2-c2ccccc21. The van der Waals surface area contributed by atoms with Crippen LogP contribution in [0.4, 0.5) is 0 Å². The minimum atomic E-state index is -1.17. The van der Waals surface area contributed by atoms with Crippen LogP contribution in [-0.2, 0) is 5.60 Å². The highest BCUT2D eigenvalue weighted by atomic mass is 32.1. The van der Waals surface area contributed by atoms with Crippen molar-refractivity contribution in [2.75, 3.05) is 0 Å². The molecule has 138 valence electrons. The summed E-state index contributed by atoms with van der Waals surface area (Å²) in [6.07, 6.45) is 0. The molecule has 0 bridgehead atoms. The smallest absolute Gasteiger partial charge is 0.142 e. The fourth-order valence-corrected chi connectivity index (χ4v) is 5.73. The predicted molar refractivity (Wildman–Crippen MR) is 121 cm³/mol. The molecule has 1 heterocycles. The molecule has 1 aliphatic carbocycles. The number of fused-ring (bicyclic) bond motifs is 4. The number of rotatable bonds is 2. The molecule has 1 aliphatic rings. The van der Waals surface area contributed by atoms with Crippen LogP contribution in [0.3, 0.4) is 0 Å². The molecule has 0 amide bonds. The Labute approximate surface area is 173 Å². The Hall–Kier alpha value is -3.20. The van der Waals surface area contributed by atoms with Crippen LogP contribution in [0.2, 0.25) is 0 Å². The van der Waals surface area contributed by atoms with Crippen LogP contribution in [0.15, 0.2) is 103 Å². The Morgan fingerprint density at radius 2 is 1.03 bits per heavy atom. The van der Waals surface area contributed by atoms with Crippen LogP contribution < -0.4 is 0 Å². The number of hydrogen-bond acceptors (Lipinski definition) is 2. The highest BCUT2D eigenvalue weighted by molar-refractivity contribution is 7.22. The highest BCUT2D eigenvalue weighted by Gasteiger charge is 2.44. The van der Waals surface area contributed by atoms with Gasteiger partial charge in [-0.25, -0.2) is 0 Å². The van der Waals surface area contributed by atoms with E-state index in [0.29, 0.717) is 0 Å². The molecular weight excluding hydrogens is 372 g/mol. The molecule has 2 heteroatoms. The summed E-state index contributed by atoms with van der Waals surface area (Å²) in [4.78, 5) is 1.18. The van der Waals surface area contributed by atoms with Crippen molar-refractivity contribution in [2.24, 2.45) is 0 Å². The van der Waals surface area contributed by atoms with E-state index in [-0.39, 0.29) is 0 Å². The molecule has 1 nitrogen and oxygen atoms in total. The maximum absolute atomic E-state index is 12.3.